The molecule has 1 atom stereocenters. The van der Waals surface area contributed by atoms with Gasteiger partial charge in [0.1, 0.15) is 29.8 Å². The van der Waals surface area contributed by atoms with E-state index in [1.54, 1.807) is 57.2 Å². The summed E-state index contributed by atoms with van der Waals surface area (Å²) in [5.74, 6) is -0.275. The van der Waals surface area contributed by atoms with Gasteiger partial charge in [0.05, 0.1) is 7.11 Å². The van der Waals surface area contributed by atoms with Crippen molar-refractivity contribution in [1.82, 2.24) is 5.32 Å². The lowest BCUT2D eigenvalue weighted by Crippen LogP contribution is -2.45. The van der Waals surface area contributed by atoms with E-state index in [1.807, 2.05) is 0 Å². The van der Waals surface area contributed by atoms with Gasteiger partial charge >= 0.3 is 12.1 Å². The Hall–Kier alpha value is -3.09. The summed E-state index contributed by atoms with van der Waals surface area (Å²) in [7, 11) is 1.26. The highest BCUT2D eigenvalue weighted by Crippen LogP contribution is 2.16. The quantitative estimate of drug-likeness (QED) is 0.707. The fraction of sp³-hybridized carbons (Fsp3) is 0.364. The molecule has 7 heteroatoms. The van der Waals surface area contributed by atoms with Gasteiger partial charge in [0.2, 0.25) is 0 Å². The Labute approximate surface area is 170 Å². The Morgan fingerprint density at radius 3 is 2.34 bits per heavy atom. The van der Waals surface area contributed by atoms with Crippen molar-refractivity contribution >= 4 is 12.1 Å². The maximum Gasteiger partial charge on any atom is 0.408 e. The highest BCUT2D eigenvalue weighted by Gasteiger charge is 2.25. The fourth-order valence-corrected chi connectivity index (χ4v) is 2.54. The van der Waals surface area contributed by atoms with Crippen LogP contribution in [0, 0.1) is 5.82 Å². The van der Waals surface area contributed by atoms with E-state index < -0.39 is 23.7 Å². The molecule has 0 saturated carbocycles. The number of hydrogen-bond donors (Lipinski definition) is 1. The van der Waals surface area contributed by atoms with Gasteiger partial charge in [-0.2, -0.15) is 0 Å². The second-order valence-electron chi connectivity index (χ2n) is 7.49. The molecule has 0 radical (unpaired) electrons. The molecule has 0 spiro atoms. The minimum absolute atomic E-state index is 0.232. The summed E-state index contributed by atoms with van der Waals surface area (Å²) in [5, 5.41) is 2.54. The molecule has 1 N–H and O–H groups in total. The molecular formula is C22H26FNO5. The lowest BCUT2D eigenvalue weighted by Gasteiger charge is -2.22. The molecule has 0 aliphatic rings. The summed E-state index contributed by atoms with van der Waals surface area (Å²) in [6.07, 6.45) is -0.459. The molecule has 29 heavy (non-hydrogen) atoms. The normalized spacial score (nSPS) is 12.0. The van der Waals surface area contributed by atoms with Crippen LogP contribution >= 0.6 is 0 Å². The standard InChI is InChI=1S/C22H26FNO5/c1-22(2,3)29-21(26)24-19(20(25)27-4)13-15-8-10-18(11-9-15)28-14-16-6-5-7-17(23)12-16/h5-12,19H,13-14H2,1-4H3,(H,24,26)/t19-/m0/s1. The Balaban J connectivity index is 1.97. The van der Waals surface area contributed by atoms with Crippen molar-refractivity contribution in [2.75, 3.05) is 7.11 Å². The van der Waals surface area contributed by atoms with Gasteiger partial charge in [-0.05, 0) is 56.2 Å². The summed E-state index contributed by atoms with van der Waals surface area (Å²) in [6.45, 7) is 5.45. The van der Waals surface area contributed by atoms with Gasteiger partial charge in [0, 0.05) is 6.42 Å². The number of alkyl carbamates (subject to hydrolysis) is 1. The first-order chi connectivity index (χ1) is 13.7. The van der Waals surface area contributed by atoms with Crippen molar-refractivity contribution in [2.24, 2.45) is 0 Å². The first-order valence-electron chi connectivity index (χ1n) is 9.20. The van der Waals surface area contributed by atoms with Crippen molar-refractivity contribution in [2.45, 2.75) is 45.4 Å². The number of rotatable bonds is 7. The Morgan fingerprint density at radius 2 is 1.76 bits per heavy atom. The lowest BCUT2D eigenvalue weighted by molar-refractivity contribution is -0.143. The van der Waals surface area contributed by atoms with Gasteiger partial charge < -0.3 is 19.5 Å². The molecule has 0 saturated heterocycles. The van der Waals surface area contributed by atoms with Gasteiger partial charge in [0.15, 0.2) is 0 Å². The van der Waals surface area contributed by atoms with Crippen molar-refractivity contribution < 1.29 is 28.2 Å². The van der Waals surface area contributed by atoms with E-state index in [1.165, 1.54) is 19.2 Å². The second kappa shape index (κ2) is 9.91. The average Bonchev–Trinajstić information content (AvgIpc) is 2.65. The van der Waals surface area contributed by atoms with Crippen LogP contribution in [0.3, 0.4) is 0 Å². The Morgan fingerprint density at radius 1 is 1.07 bits per heavy atom. The lowest BCUT2D eigenvalue weighted by atomic mass is 10.1. The zero-order valence-corrected chi connectivity index (χ0v) is 17.0. The van der Waals surface area contributed by atoms with Gasteiger partial charge in [-0.1, -0.05) is 24.3 Å². The fourth-order valence-electron chi connectivity index (χ4n) is 2.54. The van der Waals surface area contributed by atoms with E-state index in [2.05, 4.69) is 5.32 Å². The molecule has 0 unspecified atom stereocenters. The second-order valence-corrected chi connectivity index (χ2v) is 7.49. The van der Waals surface area contributed by atoms with Crippen LogP contribution in [0.15, 0.2) is 48.5 Å². The van der Waals surface area contributed by atoms with Crippen LogP contribution < -0.4 is 10.1 Å². The highest BCUT2D eigenvalue weighted by atomic mass is 19.1. The predicted molar refractivity (Wildman–Crippen MR) is 106 cm³/mol. The third-order valence-corrected chi connectivity index (χ3v) is 3.83. The number of ether oxygens (including phenoxy) is 3. The molecule has 2 aromatic carbocycles. The largest absolute Gasteiger partial charge is 0.489 e. The molecule has 156 valence electrons. The minimum Gasteiger partial charge on any atom is -0.489 e. The number of benzene rings is 2. The van der Waals surface area contributed by atoms with Crippen LogP contribution in [-0.4, -0.2) is 30.8 Å². The van der Waals surface area contributed by atoms with Crippen LogP contribution in [0.4, 0.5) is 9.18 Å². The number of carbonyl (C=O) groups is 2. The molecule has 0 aliphatic heterocycles. The molecule has 0 aliphatic carbocycles. The van der Waals surface area contributed by atoms with Crippen LogP contribution in [0.25, 0.3) is 0 Å². The summed E-state index contributed by atoms with van der Waals surface area (Å²) < 4.78 is 28.8. The maximum atomic E-state index is 13.2. The van der Waals surface area contributed by atoms with E-state index >= 15 is 0 Å². The Bertz CT molecular complexity index is 830. The number of methoxy groups -OCH3 is 1. The molecular weight excluding hydrogens is 377 g/mol. The smallest absolute Gasteiger partial charge is 0.408 e. The van der Waals surface area contributed by atoms with E-state index in [0.717, 1.165) is 11.1 Å². The molecule has 0 heterocycles. The molecule has 2 rings (SSSR count). The number of amides is 1. The van der Waals surface area contributed by atoms with Gasteiger partial charge in [-0.3, -0.25) is 0 Å². The van der Waals surface area contributed by atoms with Gasteiger partial charge in [-0.15, -0.1) is 0 Å². The molecule has 1 amide bonds. The monoisotopic (exact) mass is 403 g/mol. The van der Waals surface area contributed by atoms with Crippen molar-refractivity contribution in [3.63, 3.8) is 0 Å². The predicted octanol–water partition coefficient (Wildman–Crippen LogP) is 4.01. The number of esters is 1. The van der Waals surface area contributed by atoms with Crippen LogP contribution in [-0.2, 0) is 27.3 Å². The van der Waals surface area contributed by atoms with Crippen molar-refractivity contribution in [3.05, 3.63) is 65.5 Å². The zero-order valence-electron chi connectivity index (χ0n) is 17.0. The van der Waals surface area contributed by atoms with E-state index in [4.69, 9.17) is 14.2 Å². The third kappa shape index (κ3) is 7.81. The minimum atomic E-state index is -0.881. The highest BCUT2D eigenvalue weighted by molar-refractivity contribution is 5.81. The van der Waals surface area contributed by atoms with Gasteiger partial charge in [-0.25, -0.2) is 14.0 Å². The number of carbonyl (C=O) groups excluding carboxylic acids is 2. The summed E-state index contributed by atoms with van der Waals surface area (Å²) >= 11 is 0. The maximum absolute atomic E-state index is 13.2. The van der Waals surface area contributed by atoms with Crippen LogP contribution in [0.2, 0.25) is 0 Å². The molecule has 2 aromatic rings. The van der Waals surface area contributed by atoms with E-state index in [-0.39, 0.29) is 18.8 Å². The summed E-state index contributed by atoms with van der Waals surface area (Å²) in [6, 6.07) is 12.4. The first-order valence-corrected chi connectivity index (χ1v) is 9.20. The molecule has 0 bridgehead atoms. The molecule has 6 nitrogen and oxygen atoms in total. The van der Waals surface area contributed by atoms with Crippen molar-refractivity contribution in [1.29, 1.82) is 0 Å². The summed E-state index contributed by atoms with van der Waals surface area (Å²) in [5.41, 5.74) is 0.849. The number of nitrogens with one attached hydrogen (secondary N) is 1. The topological polar surface area (TPSA) is 73.9 Å². The summed E-state index contributed by atoms with van der Waals surface area (Å²) in [4.78, 5) is 24.0. The molecule has 0 fully saturated rings. The Kier molecular flexibility index (Phi) is 7.59. The van der Waals surface area contributed by atoms with E-state index in [9.17, 15) is 14.0 Å². The number of halogens is 1. The first kappa shape index (κ1) is 22.2. The SMILES string of the molecule is COC(=O)[C@H](Cc1ccc(OCc2cccc(F)c2)cc1)NC(=O)OC(C)(C)C. The van der Waals surface area contributed by atoms with Crippen LogP contribution in [0.5, 0.6) is 5.75 Å². The van der Waals surface area contributed by atoms with Crippen molar-refractivity contribution in [3.8, 4) is 5.75 Å². The number of hydrogen-bond acceptors (Lipinski definition) is 5. The zero-order chi connectivity index (χ0) is 21.4. The molecule has 0 aromatic heterocycles. The third-order valence-electron chi connectivity index (χ3n) is 3.83. The van der Waals surface area contributed by atoms with Gasteiger partial charge in [0.25, 0.3) is 0 Å². The average molecular weight is 403 g/mol. The van der Waals surface area contributed by atoms with E-state index in [0.29, 0.717) is 5.75 Å². The van der Waals surface area contributed by atoms with Crippen LogP contribution in [0.1, 0.15) is 31.9 Å².